The number of carbonyl (C=O) groups is 2. The van der Waals surface area contributed by atoms with Crippen LogP contribution in [0.5, 0.6) is 0 Å². The van der Waals surface area contributed by atoms with Crippen molar-refractivity contribution in [3.8, 4) is 0 Å². The fourth-order valence-electron chi connectivity index (χ4n) is 2.75. The Balaban J connectivity index is 2.67. The molecule has 0 aliphatic heterocycles. The van der Waals surface area contributed by atoms with Crippen LogP contribution in [-0.4, -0.2) is 47.7 Å². The Kier molecular flexibility index (Phi) is 6.08. The first kappa shape index (κ1) is 15.8. The highest BCUT2D eigenvalue weighted by Gasteiger charge is 2.40. The van der Waals surface area contributed by atoms with E-state index in [4.69, 9.17) is 10.8 Å². The van der Waals surface area contributed by atoms with Crippen LogP contribution in [0.15, 0.2) is 0 Å². The number of nitrogens with zero attached hydrogens (tertiary/aromatic N) is 1. The number of urea groups is 1. The summed E-state index contributed by atoms with van der Waals surface area (Å²) in [6.45, 7) is 1.06. The monoisotopic (exact) mass is 271 g/mol. The molecule has 2 amide bonds. The van der Waals surface area contributed by atoms with E-state index in [0.717, 1.165) is 38.5 Å². The van der Waals surface area contributed by atoms with Crippen LogP contribution in [0.25, 0.3) is 0 Å². The van der Waals surface area contributed by atoms with Crippen LogP contribution in [0.1, 0.15) is 44.9 Å². The highest BCUT2D eigenvalue weighted by Crippen LogP contribution is 2.35. The zero-order valence-electron chi connectivity index (χ0n) is 11.7. The van der Waals surface area contributed by atoms with Gasteiger partial charge in [0.05, 0.1) is 12.0 Å². The van der Waals surface area contributed by atoms with Gasteiger partial charge in [0.2, 0.25) is 0 Å². The third kappa shape index (κ3) is 4.38. The van der Waals surface area contributed by atoms with Crippen molar-refractivity contribution >= 4 is 12.0 Å². The smallest absolute Gasteiger partial charge is 0.317 e. The summed E-state index contributed by atoms with van der Waals surface area (Å²) in [5.41, 5.74) is 4.85. The average molecular weight is 271 g/mol. The second kappa shape index (κ2) is 7.33. The van der Waals surface area contributed by atoms with Gasteiger partial charge in [0, 0.05) is 13.6 Å². The van der Waals surface area contributed by atoms with Gasteiger partial charge in [0.15, 0.2) is 0 Å². The van der Waals surface area contributed by atoms with Gasteiger partial charge < -0.3 is 21.1 Å². The van der Waals surface area contributed by atoms with E-state index < -0.39 is 11.5 Å². The quantitative estimate of drug-likeness (QED) is 0.631. The van der Waals surface area contributed by atoms with E-state index >= 15 is 0 Å². The van der Waals surface area contributed by atoms with Gasteiger partial charge in [-0.05, 0) is 25.8 Å². The third-order valence-electron chi connectivity index (χ3n) is 3.94. The molecule has 19 heavy (non-hydrogen) atoms. The van der Waals surface area contributed by atoms with E-state index in [-0.39, 0.29) is 12.5 Å². The fraction of sp³-hybridized carbons (Fsp3) is 0.846. The molecule has 1 fully saturated rings. The van der Waals surface area contributed by atoms with Crippen molar-refractivity contribution in [2.24, 2.45) is 5.73 Å². The van der Waals surface area contributed by atoms with E-state index in [0.29, 0.717) is 13.1 Å². The predicted molar refractivity (Wildman–Crippen MR) is 72.9 cm³/mol. The summed E-state index contributed by atoms with van der Waals surface area (Å²) in [6.07, 6.45) is 5.35. The lowest BCUT2D eigenvalue weighted by molar-refractivity contribution is -0.140. The Labute approximate surface area is 114 Å². The van der Waals surface area contributed by atoms with Gasteiger partial charge in [-0.25, -0.2) is 4.79 Å². The van der Waals surface area contributed by atoms with Crippen molar-refractivity contribution in [2.45, 2.75) is 50.5 Å². The molecule has 6 nitrogen and oxygen atoms in total. The number of carboxylic acid groups (broad SMARTS) is 1. The number of aliphatic carboxylic acids is 1. The Bertz CT molecular complexity index is 314. The summed E-state index contributed by atoms with van der Waals surface area (Å²) in [5, 5.41) is 11.9. The van der Waals surface area contributed by atoms with Crippen molar-refractivity contribution in [3.05, 3.63) is 0 Å². The van der Waals surface area contributed by atoms with E-state index in [1.165, 1.54) is 0 Å². The summed E-state index contributed by atoms with van der Waals surface area (Å²) >= 11 is 0. The van der Waals surface area contributed by atoms with Crippen molar-refractivity contribution in [1.82, 2.24) is 10.2 Å². The fourth-order valence-corrected chi connectivity index (χ4v) is 2.75. The lowest BCUT2D eigenvalue weighted by atomic mass is 9.78. The molecule has 110 valence electrons. The molecular formula is C13H25N3O3. The number of hydrogen-bond acceptors (Lipinski definition) is 3. The van der Waals surface area contributed by atoms with Crippen LogP contribution in [0.4, 0.5) is 4.79 Å². The molecule has 1 rings (SSSR count). The first-order valence-electron chi connectivity index (χ1n) is 6.95. The molecule has 1 aliphatic rings. The summed E-state index contributed by atoms with van der Waals surface area (Å²) in [7, 11) is 1.70. The minimum absolute atomic E-state index is 0.0216. The van der Waals surface area contributed by atoms with Crippen molar-refractivity contribution in [3.63, 3.8) is 0 Å². The van der Waals surface area contributed by atoms with Crippen LogP contribution >= 0.6 is 0 Å². The van der Waals surface area contributed by atoms with Gasteiger partial charge in [0.25, 0.3) is 0 Å². The molecule has 6 heteroatoms. The van der Waals surface area contributed by atoms with Crippen LogP contribution in [-0.2, 0) is 4.79 Å². The minimum atomic E-state index is -0.844. The Morgan fingerprint density at radius 2 is 1.95 bits per heavy atom. The van der Waals surface area contributed by atoms with Gasteiger partial charge in [-0.2, -0.15) is 0 Å². The lowest BCUT2D eigenvalue weighted by Gasteiger charge is -2.43. The Morgan fingerprint density at radius 3 is 2.47 bits per heavy atom. The van der Waals surface area contributed by atoms with Gasteiger partial charge in [-0.1, -0.05) is 19.3 Å². The number of carbonyl (C=O) groups excluding carboxylic acids is 1. The summed E-state index contributed by atoms with van der Waals surface area (Å²) < 4.78 is 0. The Morgan fingerprint density at radius 1 is 1.32 bits per heavy atom. The van der Waals surface area contributed by atoms with Crippen molar-refractivity contribution in [2.75, 3.05) is 20.1 Å². The molecule has 0 bridgehead atoms. The number of rotatable bonds is 6. The molecule has 0 heterocycles. The second-order valence-corrected chi connectivity index (χ2v) is 5.29. The second-order valence-electron chi connectivity index (χ2n) is 5.29. The summed E-state index contributed by atoms with van der Waals surface area (Å²) in [4.78, 5) is 24.8. The lowest BCUT2D eigenvalue weighted by Crippen LogP contribution is -2.55. The van der Waals surface area contributed by atoms with Crippen LogP contribution in [0.3, 0.4) is 0 Å². The van der Waals surface area contributed by atoms with Crippen molar-refractivity contribution in [1.29, 1.82) is 0 Å². The van der Waals surface area contributed by atoms with Gasteiger partial charge in [-0.3, -0.25) is 4.79 Å². The SMILES string of the molecule is CN(C(=O)NCCCN)C1(CC(=O)O)CCCCC1. The predicted octanol–water partition coefficient (Wildman–Crippen LogP) is 1.15. The van der Waals surface area contributed by atoms with Gasteiger partial charge in [0.1, 0.15) is 0 Å². The van der Waals surface area contributed by atoms with Crippen LogP contribution < -0.4 is 11.1 Å². The molecule has 0 aromatic carbocycles. The normalized spacial score (nSPS) is 17.8. The maximum Gasteiger partial charge on any atom is 0.317 e. The first-order chi connectivity index (χ1) is 9.02. The molecule has 0 spiro atoms. The molecule has 0 atom stereocenters. The molecule has 4 N–H and O–H groups in total. The van der Waals surface area contributed by atoms with E-state index in [2.05, 4.69) is 5.32 Å². The molecule has 0 aromatic rings. The van der Waals surface area contributed by atoms with Crippen LogP contribution in [0, 0.1) is 0 Å². The minimum Gasteiger partial charge on any atom is -0.481 e. The number of nitrogens with two attached hydrogens (primary N) is 1. The average Bonchev–Trinajstić information content (AvgIpc) is 2.38. The highest BCUT2D eigenvalue weighted by molar-refractivity contribution is 5.76. The topological polar surface area (TPSA) is 95.7 Å². The Hall–Kier alpha value is -1.30. The maximum absolute atomic E-state index is 12.1. The summed E-state index contributed by atoms with van der Waals surface area (Å²) in [5.74, 6) is -0.844. The van der Waals surface area contributed by atoms with E-state index in [9.17, 15) is 9.59 Å². The van der Waals surface area contributed by atoms with Gasteiger partial charge in [-0.15, -0.1) is 0 Å². The first-order valence-corrected chi connectivity index (χ1v) is 6.95. The molecule has 0 unspecified atom stereocenters. The molecule has 1 aliphatic carbocycles. The molecule has 0 aromatic heterocycles. The zero-order chi connectivity index (χ0) is 14.3. The molecule has 0 saturated heterocycles. The van der Waals surface area contributed by atoms with Crippen LogP contribution in [0.2, 0.25) is 0 Å². The molecule has 1 saturated carbocycles. The third-order valence-corrected chi connectivity index (χ3v) is 3.94. The number of amides is 2. The number of nitrogens with one attached hydrogen (secondary N) is 1. The summed E-state index contributed by atoms with van der Waals surface area (Å²) in [6, 6.07) is -0.198. The molecular weight excluding hydrogens is 246 g/mol. The number of hydrogen-bond donors (Lipinski definition) is 3. The maximum atomic E-state index is 12.1. The standard InChI is InChI=1S/C13H25N3O3/c1-16(12(19)15-9-5-8-14)13(10-11(17)18)6-3-2-4-7-13/h2-10,14H2,1H3,(H,15,19)(H,17,18). The van der Waals surface area contributed by atoms with E-state index in [1.54, 1.807) is 11.9 Å². The largest absolute Gasteiger partial charge is 0.481 e. The number of carboxylic acids is 1. The van der Waals surface area contributed by atoms with Crippen molar-refractivity contribution < 1.29 is 14.7 Å². The highest BCUT2D eigenvalue weighted by atomic mass is 16.4. The van der Waals surface area contributed by atoms with E-state index in [1.807, 2.05) is 0 Å². The zero-order valence-corrected chi connectivity index (χ0v) is 11.7. The van der Waals surface area contributed by atoms with Gasteiger partial charge >= 0.3 is 12.0 Å². The molecule has 0 radical (unpaired) electrons.